The van der Waals surface area contributed by atoms with Crippen molar-refractivity contribution >= 4 is 17.6 Å². The predicted octanol–water partition coefficient (Wildman–Crippen LogP) is 4.03. The maximum atomic E-state index is 15.1. The van der Waals surface area contributed by atoms with Crippen LogP contribution in [0.4, 0.5) is 10.2 Å². The van der Waals surface area contributed by atoms with Gasteiger partial charge < -0.3 is 15.8 Å². The lowest BCUT2D eigenvalue weighted by Gasteiger charge is -2.27. The molecule has 3 heterocycles. The molecule has 5 rings (SSSR count). The number of hydrogen-bond donors (Lipinski definition) is 2. The molecule has 0 spiro atoms. The Balaban J connectivity index is 1.39. The van der Waals surface area contributed by atoms with Crippen molar-refractivity contribution in [3.8, 4) is 11.1 Å². The predicted molar refractivity (Wildman–Crippen MR) is 139 cm³/mol. The first-order valence-electron chi connectivity index (χ1n) is 13.3. The molecule has 0 aliphatic heterocycles. The van der Waals surface area contributed by atoms with Crippen LogP contribution in [0.3, 0.4) is 0 Å². The highest BCUT2D eigenvalue weighted by atomic mass is 19.1. The number of aromatic nitrogens is 4. The van der Waals surface area contributed by atoms with E-state index >= 15 is 4.39 Å². The molecule has 0 saturated heterocycles. The Bertz CT molecular complexity index is 1340. The second kappa shape index (κ2) is 10.5. The molecule has 3 aromatic rings. The summed E-state index contributed by atoms with van der Waals surface area (Å²) in [7, 11) is 0. The van der Waals surface area contributed by atoms with Gasteiger partial charge in [0.15, 0.2) is 12.4 Å². The van der Waals surface area contributed by atoms with Gasteiger partial charge in [-0.15, -0.1) is 0 Å². The van der Waals surface area contributed by atoms with E-state index in [4.69, 9.17) is 0 Å². The molecule has 0 unspecified atom stereocenters. The van der Waals surface area contributed by atoms with Gasteiger partial charge in [-0.25, -0.2) is 4.98 Å². The summed E-state index contributed by atoms with van der Waals surface area (Å²) in [4.78, 5) is 30.9. The van der Waals surface area contributed by atoms with E-state index < -0.39 is 17.9 Å². The van der Waals surface area contributed by atoms with Crippen molar-refractivity contribution in [2.24, 2.45) is 17.8 Å². The van der Waals surface area contributed by atoms with Crippen LogP contribution in [0.25, 0.3) is 11.1 Å². The number of nitrogens with zero attached hydrogens (tertiary/aromatic N) is 4. The molecule has 0 aromatic carbocycles. The van der Waals surface area contributed by atoms with Crippen LogP contribution in [0.2, 0.25) is 0 Å². The van der Waals surface area contributed by atoms with E-state index in [-0.39, 0.29) is 29.2 Å². The summed E-state index contributed by atoms with van der Waals surface area (Å²) >= 11 is 0. The minimum absolute atomic E-state index is 0.0136. The molecule has 9 nitrogen and oxygen atoms in total. The lowest BCUT2D eigenvalue weighted by atomic mass is 9.88. The zero-order valence-electron chi connectivity index (χ0n) is 21.9. The Morgan fingerprint density at radius 1 is 1.13 bits per heavy atom. The van der Waals surface area contributed by atoms with Crippen LogP contribution in [0, 0.1) is 28.9 Å². The molecule has 2 amide bonds. The van der Waals surface area contributed by atoms with Gasteiger partial charge in [0, 0.05) is 23.9 Å². The van der Waals surface area contributed by atoms with Gasteiger partial charge in [-0.1, -0.05) is 6.92 Å². The van der Waals surface area contributed by atoms with Crippen LogP contribution >= 0.6 is 0 Å². The van der Waals surface area contributed by atoms with Crippen molar-refractivity contribution in [3.05, 3.63) is 65.3 Å². The molecule has 3 aromatic heterocycles. The molecule has 2 N–H and O–H groups in total. The molecule has 10 heteroatoms. The third-order valence-corrected chi connectivity index (χ3v) is 7.47. The number of nitrogens with one attached hydrogen (secondary N) is 2. The highest BCUT2D eigenvalue weighted by Crippen LogP contribution is 2.51. The number of carbonyl (C=O) groups is 2. The molecule has 200 valence electrons. The van der Waals surface area contributed by atoms with Gasteiger partial charge in [-0.05, 0) is 87.5 Å². The number of halogens is 1. The van der Waals surface area contributed by atoms with E-state index in [2.05, 4.69) is 20.7 Å². The molecule has 2 aliphatic carbocycles. The Morgan fingerprint density at radius 3 is 2.45 bits per heavy atom. The molecule has 2 aliphatic rings. The lowest BCUT2D eigenvalue weighted by Crippen LogP contribution is -2.50. The van der Waals surface area contributed by atoms with Crippen molar-refractivity contribution in [3.63, 3.8) is 0 Å². The quantitative estimate of drug-likeness (QED) is 0.238. The maximum Gasteiger partial charge on any atom is 0.270 e. The number of aryl methyl sites for hydroxylation is 1. The van der Waals surface area contributed by atoms with Gasteiger partial charge in [0.05, 0.1) is 5.56 Å². The van der Waals surface area contributed by atoms with Crippen molar-refractivity contribution in [2.45, 2.75) is 65.0 Å². The van der Waals surface area contributed by atoms with Crippen LogP contribution in [-0.4, -0.2) is 32.6 Å². The highest BCUT2D eigenvalue weighted by molar-refractivity contribution is 6.00. The summed E-state index contributed by atoms with van der Waals surface area (Å²) < 4.78 is 17.4. The first-order valence-corrected chi connectivity index (χ1v) is 13.3. The van der Waals surface area contributed by atoms with Crippen molar-refractivity contribution < 1.29 is 18.7 Å². The van der Waals surface area contributed by atoms with Gasteiger partial charge >= 0.3 is 0 Å². The smallest absolute Gasteiger partial charge is 0.270 e. The van der Waals surface area contributed by atoms with Crippen molar-refractivity contribution in [1.82, 2.24) is 20.1 Å². The molecule has 0 radical (unpaired) electrons. The van der Waals surface area contributed by atoms with Crippen LogP contribution in [0.1, 0.15) is 68.5 Å². The van der Waals surface area contributed by atoms with Gasteiger partial charge in [0.25, 0.3) is 5.91 Å². The summed E-state index contributed by atoms with van der Waals surface area (Å²) in [6.45, 7) is 5.79. The molecule has 2 saturated carbocycles. The lowest BCUT2D eigenvalue weighted by molar-refractivity contribution is -0.604. The third-order valence-electron chi connectivity index (χ3n) is 7.47. The van der Waals surface area contributed by atoms with Gasteiger partial charge in [-0.2, -0.15) is 14.2 Å². The number of amides is 2. The fraction of sp³-hybridized carbons (Fsp3) is 0.464. The number of carbonyl (C=O) groups excluding carboxylic acids is 2. The first-order chi connectivity index (χ1) is 18.3. The van der Waals surface area contributed by atoms with E-state index in [1.165, 1.54) is 24.5 Å². The Labute approximate surface area is 221 Å². The van der Waals surface area contributed by atoms with Gasteiger partial charge in [-0.3, -0.25) is 14.3 Å². The van der Waals surface area contributed by atoms with E-state index in [1.54, 1.807) is 23.0 Å². The standard InChI is InChI=1S/C28H33FN6O3/c1-4-17-12-14-34(38)15-21(17)20-9-10-23(31-26(20)29)32-28(37)25(24(18-5-6-18)19-7-8-19)33-27(36)22-11-13-30-35(22)16(2)3/h9-16,18-19,24-25H,4-8H2,1-3H3,(H,33,36)(H,31,32,37)/t25-/m0/s1. The average molecular weight is 521 g/mol. The molecule has 1 atom stereocenters. The molecular formula is C28H33FN6O3. The van der Waals surface area contributed by atoms with Crippen LogP contribution in [0.5, 0.6) is 0 Å². The van der Waals surface area contributed by atoms with Crippen molar-refractivity contribution in [2.75, 3.05) is 5.32 Å². The van der Waals surface area contributed by atoms with E-state index in [1.807, 2.05) is 20.8 Å². The summed E-state index contributed by atoms with van der Waals surface area (Å²) in [5, 5.41) is 21.8. The first kappa shape index (κ1) is 25.8. The maximum absolute atomic E-state index is 15.1. The summed E-state index contributed by atoms with van der Waals surface area (Å²) in [6.07, 6.45) is 9.01. The van der Waals surface area contributed by atoms with Gasteiger partial charge in [0.2, 0.25) is 11.9 Å². The fourth-order valence-electron chi connectivity index (χ4n) is 5.31. The Kier molecular flexibility index (Phi) is 7.14. The van der Waals surface area contributed by atoms with Gasteiger partial charge in [0.1, 0.15) is 17.6 Å². The number of hydrogen-bond acceptors (Lipinski definition) is 5. The molecule has 2 fully saturated rings. The SMILES string of the molecule is CCc1cc[n+]([O-])cc1-c1ccc(NC(=O)[C@@H](NC(=O)c2ccnn2C(C)C)C(C2CC2)C2CC2)nc1F. The number of anilines is 1. The minimum Gasteiger partial charge on any atom is -0.619 e. The highest BCUT2D eigenvalue weighted by Gasteiger charge is 2.48. The topological polar surface area (TPSA) is 116 Å². The van der Waals surface area contributed by atoms with Crippen LogP contribution in [-0.2, 0) is 11.2 Å². The fourth-order valence-corrected chi connectivity index (χ4v) is 5.31. The van der Waals surface area contributed by atoms with Crippen molar-refractivity contribution in [1.29, 1.82) is 0 Å². The number of rotatable bonds is 10. The summed E-state index contributed by atoms with van der Waals surface area (Å²) in [5.74, 6) is -0.733. The minimum atomic E-state index is -0.786. The van der Waals surface area contributed by atoms with E-state index in [0.29, 0.717) is 34.2 Å². The van der Waals surface area contributed by atoms with E-state index in [0.717, 1.165) is 31.2 Å². The second-order valence-corrected chi connectivity index (χ2v) is 10.6. The number of pyridine rings is 2. The monoisotopic (exact) mass is 520 g/mol. The zero-order valence-corrected chi connectivity index (χ0v) is 21.9. The average Bonchev–Trinajstić information content (AvgIpc) is 3.83. The van der Waals surface area contributed by atoms with E-state index in [9.17, 15) is 14.8 Å². The molecule has 0 bridgehead atoms. The normalized spacial score (nSPS) is 16.1. The van der Waals surface area contributed by atoms with Crippen LogP contribution < -0.4 is 15.4 Å². The summed E-state index contributed by atoms with van der Waals surface area (Å²) in [6, 6.07) is 5.55. The Morgan fingerprint density at radius 2 is 1.84 bits per heavy atom. The van der Waals surface area contributed by atoms with Crippen LogP contribution in [0.15, 0.2) is 42.9 Å². The Hall–Kier alpha value is -3.82. The summed E-state index contributed by atoms with van der Waals surface area (Å²) in [5.41, 5.74) is 1.85. The zero-order chi connectivity index (χ0) is 27.0. The molecular weight excluding hydrogens is 487 g/mol. The molecule has 38 heavy (non-hydrogen) atoms. The third kappa shape index (κ3) is 5.39. The largest absolute Gasteiger partial charge is 0.619 e. The second-order valence-electron chi connectivity index (χ2n) is 10.6.